The number of carbonyl (C=O) groups excluding carboxylic acids is 2. The van der Waals surface area contributed by atoms with Gasteiger partial charge in [0.25, 0.3) is 5.91 Å². The predicted molar refractivity (Wildman–Crippen MR) is 144 cm³/mol. The van der Waals surface area contributed by atoms with Gasteiger partial charge in [-0.1, -0.05) is 48.8 Å². The van der Waals surface area contributed by atoms with Gasteiger partial charge < -0.3 is 10.0 Å². The summed E-state index contributed by atoms with van der Waals surface area (Å²) in [7, 11) is -4.81. The van der Waals surface area contributed by atoms with Crippen molar-refractivity contribution in [1.82, 2.24) is 4.31 Å². The van der Waals surface area contributed by atoms with Crippen LogP contribution in [0.15, 0.2) is 65.1 Å². The number of sulfonamides is 1. The molecule has 2 aromatic rings. The minimum absolute atomic E-state index is 0.0537. The number of carbonyl (C=O) groups is 3. The second kappa shape index (κ2) is 11.9. The SMILES string of the molecule is CCC#CCC1=CC=C(S(=O)(=O)N2Cc3ccccc3N(C(=O)c3c(F)cccc3C(F)(F)F)CC2C(=O)O)C(=O)C1. The van der Waals surface area contributed by atoms with E-state index in [4.69, 9.17) is 0 Å². The summed E-state index contributed by atoms with van der Waals surface area (Å²) in [6.07, 6.45) is -2.06. The van der Waals surface area contributed by atoms with Gasteiger partial charge in [0, 0.05) is 31.5 Å². The van der Waals surface area contributed by atoms with E-state index < -0.39 is 74.8 Å². The molecule has 0 bridgehead atoms. The van der Waals surface area contributed by atoms with Crippen LogP contribution in [0.4, 0.5) is 23.2 Å². The van der Waals surface area contributed by atoms with E-state index in [0.29, 0.717) is 33.3 Å². The first kappa shape index (κ1) is 30.7. The van der Waals surface area contributed by atoms with E-state index in [1.807, 2.05) is 6.92 Å². The fourth-order valence-electron chi connectivity index (χ4n) is 4.72. The number of anilines is 1. The van der Waals surface area contributed by atoms with Gasteiger partial charge in [0.05, 0.1) is 17.7 Å². The number of rotatable bonds is 5. The molecule has 0 spiro atoms. The Labute approximate surface area is 239 Å². The molecule has 0 fully saturated rings. The van der Waals surface area contributed by atoms with Gasteiger partial charge >= 0.3 is 12.1 Å². The molecule has 1 amide bonds. The number of hydrogen-bond acceptors (Lipinski definition) is 5. The van der Waals surface area contributed by atoms with E-state index in [1.165, 1.54) is 30.3 Å². The minimum atomic E-state index is -5.12. The topological polar surface area (TPSA) is 112 Å². The quantitative estimate of drug-likeness (QED) is 0.392. The summed E-state index contributed by atoms with van der Waals surface area (Å²) in [5.74, 6) is 0.184. The van der Waals surface area contributed by atoms with E-state index in [2.05, 4.69) is 11.8 Å². The number of alkyl halides is 3. The third-order valence-corrected chi connectivity index (χ3v) is 8.63. The Kier molecular flexibility index (Phi) is 8.70. The van der Waals surface area contributed by atoms with Crippen LogP contribution in [0.2, 0.25) is 0 Å². The van der Waals surface area contributed by atoms with Crippen molar-refractivity contribution in [2.24, 2.45) is 0 Å². The minimum Gasteiger partial charge on any atom is -0.480 e. The van der Waals surface area contributed by atoms with Gasteiger partial charge in [-0.2, -0.15) is 17.5 Å². The third kappa shape index (κ3) is 6.00. The summed E-state index contributed by atoms with van der Waals surface area (Å²) in [6, 6.07) is 5.42. The van der Waals surface area contributed by atoms with E-state index in [0.717, 1.165) is 12.1 Å². The summed E-state index contributed by atoms with van der Waals surface area (Å²) in [5, 5.41) is 10.1. The first-order valence-electron chi connectivity index (χ1n) is 12.7. The molecule has 0 saturated heterocycles. The highest BCUT2D eigenvalue weighted by molar-refractivity contribution is 7.94. The van der Waals surface area contributed by atoms with Gasteiger partial charge in [-0.25, -0.2) is 12.8 Å². The second-order valence-corrected chi connectivity index (χ2v) is 11.3. The largest absolute Gasteiger partial charge is 0.480 e. The van der Waals surface area contributed by atoms with Crippen molar-refractivity contribution < 1.29 is 45.5 Å². The molecular weight excluding hydrogens is 580 g/mol. The molecule has 0 aromatic heterocycles. The number of Topliss-reactive ketones (excluding diaryl/α,β-unsaturated/α-hetero) is 1. The van der Waals surface area contributed by atoms with Gasteiger partial charge in [-0.3, -0.25) is 14.4 Å². The Bertz CT molecular complexity index is 1690. The molecule has 2 aliphatic rings. The lowest BCUT2D eigenvalue weighted by Gasteiger charge is -2.29. The molecule has 8 nitrogen and oxygen atoms in total. The van der Waals surface area contributed by atoms with Gasteiger partial charge in [-0.05, 0) is 29.8 Å². The molecule has 1 atom stereocenters. The monoisotopic (exact) mass is 604 g/mol. The summed E-state index contributed by atoms with van der Waals surface area (Å²) < 4.78 is 84.1. The molecule has 2 aromatic carbocycles. The Balaban J connectivity index is 1.81. The number of halogens is 4. The summed E-state index contributed by atoms with van der Waals surface area (Å²) >= 11 is 0. The van der Waals surface area contributed by atoms with Gasteiger partial charge in [0.1, 0.15) is 16.8 Å². The van der Waals surface area contributed by atoms with E-state index >= 15 is 0 Å². The number of hydrogen-bond donors (Lipinski definition) is 1. The Morgan fingerprint density at radius 2 is 1.79 bits per heavy atom. The van der Waals surface area contributed by atoms with Crippen molar-refractivity contribution >= 4 is 33.4 Å². The van der Waals surface area contributed by atoms with Crippen LogP contribution in [-0.2, 0) is 32.3 Å². The number of ketones is 1. The molecular formula is C29H24F4N2O6S. The predicted octanol–water partition coefficient (Wildman–Crippen LogP) is 4.68. The van der Waals surface area contributed by atoms with Crippen LogP contribution in [0.25, 0.3) is 0 Å². The highest BCUT2D eigenvalue weighted by Crippen LogP contribution is 2.37. The van der Waals surface area contributed by atoms with Crippen LogP contribution in [0, 0.1) is 17.7 Å². The molecule has 4 rings (SSSR count). The van der Waals surface area contributed by atoms with E-state index in [9.17, 15) is 45.5 Å². The average molecular weight is 605 g/mol. The lowest BCUT2D eigenvalue weighted by atomic mass is 10.0. The average Bonchev–Trinajstić information content (AvgIpc) is 3.10. The van der Waals surface area contributed by atoms with Crippen LogP contribution in [0.5, 0.6) is 0 Å². The zero-order chi connectivity index (χ0) is 30.8. The fraction of sp³-hybridized carbons (Fsp3) is 0.276. The smallest absolute Gasteiger partial charge is 0.417 e. The molecule has 1 aliphatic heterocycles. The lowest BCUT2D eigenvalue weighted by Crippen LogP contribution is -2.51. The maximum Gasteiger partial charge on any atom is 0.417 e. The van der Waals surface area contributed by atoms with Gasteiger partial charge in [0.2, 0.25) is 10.0 Å². The van der Waals surface area contributed by atoms with Crippen molar-refractivity contribution in [3.63, 3.8) is 0 Å². The highest BCUT2D eigenvalue weighted by Gasteiger charge is 2.45. The van der Waals surface area contributed by atoms with Crippen LogP contribution in [0.3, 0.4) is 0 Å². The maximum atomic E-state index is 14.8. The lowest BCUT2D eigenvalue weighted by molar-refractivity contribution is -0.141. The number of carboxylic acid groups (broad SMARTS) is 1. The zero-order valence-corrected chi connectivity index (χ0v) is 22.9. The van der Waals surface area contributed by atoms with Crippen LogP contribution in [-0.4, -0.2) is 48.1 Å². The molecule has 1 aliphatic carbocycles. The standard InChI is InChI=1S/C29H24F4N2O6S/c1-2-3-4-8-18-13-14-25(24(36)15-18)42(40,41)35-16-19-9-5-6-12-22(19)34(17-23(35)28(38)39)27(37)26-20(29(31,32)33)10-7-11-21(26)30/h5-7,9-14,23H,2,8,15-17H2,1H3,(H,38,39). The number of aliphatic carboxylic acids is 1. The Morgan fingerprint density at radius 3 is 2.43 bits per heavy atom. The number of fused-ring (bicyclic) bond motifs is 1. The second-order valence-electron chi connectivity index (χ2n) is 9.45. The van der Waals surface area contributed by atoms with Crippen molar-refractivity contribution in [3.8, 4) is 11.8 Å². The summed E-state index contributed by atoms with van der Waals surface area (Å²) in [4.78, 5) is 38.9. The first-order valence-corrected chi connectivity index (χ1v) is 14.1. The maximum absolute atomic E-state index is 14.8. The van der Waals surface area contributed by atoms with Crippen LogP contribution >= 0.6 is 0 Å². The molecule has 0 saturated carbocycles. The fourth-order valence-corrected chi connectivity index (χ4v) is 6.38. The zero-order valence-electron chi connectivity index (χ0n) is 22.1. The van der Waals surface area contributed by atoms with Crippen molar-refractivity contribution in [3.05, 3.63) is 87.6 Å². The molecule has 220 valence electrons. The number of carboxylic acids is 1. The van der Waals surface area contributed by atoms with Gasteiger partial charge in [-0.15, -0.1) is 5.92 Å². The molecule has 0 radical (unpaired) electrons. The van der Waals surface area contributed by atoms with E-state index in [-0.39, 0.29) is 24.1 Å². The highest BCUT2D eigenvalue weighted by atomic mass is 32.2. The normalized spacial score (nSPS) is 17.8. The Hall–Kier alpha value is -4.28. The third-order valence-electron chi connectivity index (χ3n) is 6.71. The molecule has 13 heteroatoms. The van der Waals surface area contributed by atoms with Crippen molar-refractivity contribution in [2.45, 2.75) is 44.9 Å². The number of nitrogens with zero attached hydrogens (tertiary/aromatic N) is 2. The molecule has 1 heterocycles. The van der Waals surface area contributed by atoms with Crippen molar-refractivity contribution in [1.29, 1.82) is 0 Å². The number of para-hydroxylation sites is 1. The molecule has 42 heavy (non-hydrogen) atoms. The van der Waals surface area contributed by atoms with Crippen molar-refractivity contribution in [2.75, 3.05) is 11.4 Å². The number of benzene rings is 2. The molecule has 1 N–H and O–H groups in total. The first-order chi connectivity index (χ1) is 19.8. The summed E-state index contributed by atoms with van der Waals surface area (Å²) in [5.41, 5.74) is -2.40. The number of allylic oxidation sites excluding steroid dienone is 4. The van der Waals surface area contributed by atoms with Crippen LogP contribution < -0.4 is 4.90 Å². The van der Waals surface area contributed by atoms with Gasteiger partial charge in [0.15, 0.2) is 5.78 Å². The Morgan fingerprint density at radius 1 is 1.07 bits per heavy atom. The number of amides is 1. The molecule has 1 unspecified atom stereocenters. The van der Waals surface area contributed by atoms with E-state index in [1.54, 1.807) is 0 Å². The van der Waals surface area contributed by atoms with Crippen LogP contribution in [0.1, 0.15) is 47.7 Å². The summed E-state index contributed by atoms with van der Waals surface area (Å²) in [6.45, 7) is 0.244.